The molecular formula is C24H47ClO. The number of halogens is 1. The summed E-state index contributed by atoms with van der Waals surface area (Å²) in [4.78, 5) is 11.5. The Hall–Kier alpha value is -0.0400. The van der Waals surface area contributed by atoms with Crippen LogP contribution in [0.5, 0.6) is 0 Å². The molecule has 0 saturated heterocycles. The molecule has 0 spiro atoms. The van der Waals surface area contributed by atoms with Crippen molar-refractivity contribution in [3.8, 4) is 0 Å². The van der Waals surface area contributed by atoms with Crippen LogP contribution in [0, 0.1) is 0 Å². The molecule has 0 aromatic carbocycles. The Kier molecular flexibility index (Phi) is 23.0. The van der Waals surface area contributed by atoms with Crippen molar-refractivity contribution in [1.82, 2.24) is 0 Å². The molecule has 0 aliphatic heterocycles. The molecule has 0 atom stereocenters. The highest BCUT2D eigenvalue weighted by Crippen LogP contribution is 2.14. The van der Waals surface area contributed by atoms with Crippen LogP contribution in [0.1, 0.15) is 142 Å². The standard InChI is InChI=1S/C24H47ClO/c1-2-3-4-5-6-7-8-9-10-11-12-13-14-15-16-17-18-19-21-24(26)22-20-23-25/h2-23H2,1H3. The molecule has 0 heterocycles. The molecule has 0 aromatic heterocycles. The van der Waals surface area contributed by atoms with Crippen molar-refractivity contribution >= 4 is 17.4 Å². The summed E-state index contributed by atoms with van der Waals surface area (Å²) in [6.07, 6.45) is 27.3. The summed E-state index contributed by atoms with van der Waals surface area (Å²) in [5.41, 5.74) is 0. The molecule has 0 bridgehead atoms. The molecule has 0 rings (SSSR count). The van der Waals surface area contributed by atoms with Crippen LogP contribution >= 0.6 is 11.6 Å². The third-order valence-corrected chi connectivity index (χ3v) is 5.67. The zero-order valence-electron chi connectivity index (χ0n) is 17.8. The molecular weight excluding hydrogens is 340 g/mol. The fourth-order valence-corrected chi connectivity index (χ4v) is 3.75. The monoisotopic (exact) mass is 386 g/mol. The summed E-state index contributed by atoms with van der Waals surface area (Å²) in [7, 11) is 0. The Morgan fingerprint density at radius 3 is 1.15 bits per heavy atom. The first-order valence-electron chi connectivity index (χ1n) is 11.9. The number of alkyl halides is 1. The molecule has 0 N–H and O–H groups in total. The van der Waals surface area contributed by atoms with E-state index in [2.05, 4.69) is 6.92 Å². The molecule has 26 heavy (non-hydrogen) atoms. The average Bonchev–Trinajstić information content (AvgIpc) is 2.65. The Labute approximate surface area is 170 Å². The molecule has 1 nitrogen and oxygen atoms in total. The highest BCUT2D eigenvalue weighted by atomic mass is 35.5. The predicted molar refractivity (Wildman–Crippen MR) is 118 cm³/mol. The number of ketones is 1. The molecule has 156 valence electrons. The van der Waals surface area contributed by atoms with Crippen molar-refractivity contribution in [2.24, 2.45) is 0 Å². The number of carbonyl (C=O) groups excluding carboxylic acids is 1. The lowest BCUT2D eigenvalue weighted by molar-refractivity contribution is -0.119. The Bertz CT molecular complexity index is 277. The summed E-state index contributed by atoms with van der Waals surface area (Å²) >= 11 is 5.61. The van der Waals surface area contributed by atoms with Crippen molar-refractivity contribution in [2.45, 2.75) is 142 Å². The molecule has 0 radical (unpaired) electrons. The number of rotatable bonds is 22. The van der Waals surface area contributed by atoms with Crippen LogP contribution in [0.3, 0.4) is 0 Å². The van der Waals surface area contributed by atoms with E-state index < -0.39 is 0 Å². The van der Waals surface area contributed by atoms with Crippen LogP contribution < -0.4 is 0 Å². The van der Waals surface area contributed by atoms with Gasteiger partial charge in [-0.15, -0.1) is 11.6 Å². The molecule has 0 fully saturated rings. The van der Waals surface area contributed by atoms with Crippen LogP contribution in [0.25, 0.3) is 0 Å². The number of carbonyl (C=O) groups is 1. The highest BCUT2D eigenvalue weighted by molar-refractivity contribution is 6.17. The van der Waals surface area contributed by atoms with Crippen molar-refractivity contribution in [3.63, 3.8) is 0 Å². The van der Waals surface area contributed by atoms with Gasteiger partial charge in [0.1, 0.15) is 5.78 Å². The summed E-state index contributed by atoms with van der Waals surface area (Å²) in [5, 5.41) is 0. The van der Waals surface area contributed by atoms with E-state index in [1.165, 1.54) is 109 Å². The first-order valence-corrected chi connectivity index (χ1v) is 12.4. The Morgan fingerprint density at radius 2 is 0.808 bits per heavy atom. The topological polar surface area (TPSA) is 17.1 Å². The Morgan fingerprint density at radius 1 is 0.500 bits per heavy atom. The third kappa shape index (κ3) is 22.0. The molecule has 0 amide bonds. The first kappa shape index (κ1) is 26.0. The summed E-state index contributed by atoms with van der Waals surface area (Å²) in [6, 6.07) is 0. The van der Waals surface area contributed by atoms with Gasteiger partial charge in [-0.05, 0) is 12.8 Å². The molecule has 0 unspecified atom stereocenters. The van der Waals surface area contributed by atoms with Gasteiger partial charge in [-0.2, -0.15) is 0 Å². The van der Waals surface area contributed by atoms with Gasteiger partial charge >= 0.3 is 0 Å². The second kappa shape index (κ2) is 23.0. The van der Waals surface area contributed by atoms with Crippen LogP contribution in [-0.4, -0.2) is 11.7 Å². The molecule has 2 heteroatoms. The second-order valence-corrected chi connectivity index (χ2v) is 8.47. The fraction of sp³-hybridized carbons (Fsp3) is 0.958. The van der Waals surface area contributed by atoms with Gasteiger partial charge in [0.25, 0.3) is 0 Å². The van der Waals surface area contributed by atoms with E-state index in [0.29, 0.717) is 18.1 Å². The van der Waals surface area contributed by atoms with Gasteiger partial charge in [0, 0.05) is 18.7 Å². The molecule has 0 aromatic rings. The van der Waals surface area contributed by atoms with Gasteiger partial charge in [-0.3, -0.25) is 4.79 Å². The summed E-state index contributed by atoms with van der Waals surface area (Å²) < 4.78 is 0. The minimum absolute atomic E-state index is 0.405. The van der Waals surface area contributed by atoms with Crippen molar-refractivity contribution in [3.05, 3.63) is 0 Å². The van der Waals surface area contributed by atoms with Gasteiger partial charge in [0.15, 0.2) is 0 Å². The van der Waals surface area contributed by atoms with E-state index in [-0.39, 0.29) is 0 Å². The van der Waals surface area contributed by atoms with E-state index in [0.717, 1.165) is 19.3 Å². The summed E-state index contributed by atoms with van der Waals surface area (Å²) in [5.74, 6) is 1.02. The van der Waals surface area contributed by atoms with Gasteiger partial charge in [-0.25, -0.2) is 0 Å². The lowest BCUT2D eigenvalue weighted by Gasteiger charge is -2.04. The van der Waals surface area contributed by atoms with Gasteiger partial charge in [-0.1, -0.05) is 116 Å². The predicted octanol–water partition coefficient (Wildman–Crippen LogP) is 9.01. The smallest absolute Gasteiger partial charge is 0.132 e. The third-order valence-electron chi connectivity index (χ3n) is 5.40. The highest BCUT2D eigenvalue weighted by Gasteiger charge is 2.01. The fourth-order valence-electron chi connectivity index (χ4n) is 3.61. The van der Waals surface area contributed by atoms with Crippen LogP contribution in [0.4, 0.5) is 0 Å². The maximum Gasteiger partial charge on any atom is 0.132 e. The van der Waals surface area contributed by atoms with Crippen LogP contribution in [-0.2, 0) is 4.79 Å². The average molecular weight is 387 g/mol. The van der Waals surface area contributed by atoms with E-state index in [9.17, 15) is 4.79 Å². The number of Topliss-reactive ketones (excluding diaryl/α,β-unsaturated/α-hetero) is 1. The number of hydrogen-bond donors (Lipinski definition) is 0. The van der Waals surface area contributed by atoms with E-state index in [1.807, 2.05) is 0 Å². The normalized spacial score (nSPS) is 11.2. The zero-order valence-corrected chi connectivity index (χ0v) is 18.6. The zero-order chi connectivity index (χ0) is 19.1. The first-order chi connectivity index (χ1) is 12.8. The van der Waals surface area contributed by atoms with Crippen LogP contribution in [0.15, 0.2) is 0 Å². The lowest BCUT2D eigenvalue weighted by Crippen LogP contribution is -1.97. The minimum Gasteiger partial charge on any atom is -0.300 e. The molecule has 0 saturated carbocycles. The second-order valence-electron chi connectivity index (χ2n) is 8.09. The number of unbranched alkanes of at least 4 members (excludes halogenated alkanes) is 17. The van der Waals surface area contributed by atoms with Gasteiger partial charge in [0.2, 0.25) is 0 Å². The number of hydrogen-bond acceptors (Lipinski definition) is 1. The van der Waals surface area contributed by atoms with Crippen molar-refractivity contribution in [1.29, 1.82) is 0 Å². The lowest BCUT2D eigenvalue weighted by atomic mass is 10.0. The minimum atomic E-state index is 0.405. The summed E-state index contributed by atoms with van der Waals surface area (Å²) in [6.45, 7) is 2.29. The Balaban J connectivity index is 3.04. The maximum absolute atomic E-state index is 11.5. The van der Waals surface area contributed by atoms with Gasteiger partial charge in [0.05, 0.1) is 0 Å². The molecule has 0 aliphatic rings. The quantitative estimate of drug-likeness (QED) is 0.134. The maximum atomic E-state index is 11.5. The largest absolute Gasteiger partial charge is 0.300 e. The molecule has 0 aliphatic carbocycles. The van der Waals surface area contributed by atoms with Crippen molar-refractivity contribution in [2.75, 3.05) is 5.88 Å². The van der Waals surface area contributed by atoms with E-state index >= 15 is 0 Å². The van der Waals surface area contributed by atoms with Gasteiger partial charge < -0.3 is 0 Å². The van der Waals surface area contributed by atoms with Crippen molar-refractivity contribution < 1.29 is 4.79 Å². The SMILES string of the molecule is CCCCCCCCCCCCCCCCCCCCC(=O)CCCCl. The van der Waals surface area contributed by atoms with E-state index in [1.54, 1.807) is 0 Å². The van der Waals surface area contributed by atoms with Crippen LogP contribution in [0.2, 0.25) is 0 Å². The van der Waals surface area contributed by atoms with E-state index in [4.69, 9.17) is 11.6 Å².